The first-order chi connectivity index (χ1) is 13.4. The number of thiophene rings is 1. The molecular formula is C22H21FN2O2S. The molecule has 144 valence electrons. The Bertz CT molecular complexity index is 1230. The molecule has 1 atom stereocenters. The van der Waals surface area contributed by atoms with E-state index in [0.29, 0.717) is 15.8 Å². The van der Waals surface area contributed by atoms with Crippen molar-refractivity contribution < 1.29 is 9.13 Å². The summed E-state index contributed by atoms with van der Waals surface area (Å²) in [7, 11) is 5.61. The fourth-order valence-corrected chi connectivity index (χ4v) is 4.34. The van der Waals surface area contributed by atoms with Crippen molar-refractivity contribution in [1.29, 1.82) is 0 Å². The van der Waals surface area contributed by atoms with Gasteiger partial charge in [-0.15, -0.1) is 11.3 Å². The van der Waals surface area contributed by atoms with Crippen LogP contribution in [0.2, 0.25) is 0 Å². The van der Waals surface area contributed by atoms with E-state index in [1.807, 2.05) is 37.7 Å². The van der Waals surface area contributed by atoms with Gasteiger partial charge in [0.25, 0.3) is 5.56 Å². The van der Waals surface area contributed by atoms with Crippen LogP contribution in [-0.4, -0.2) is 31.1 Å². The number of ether oxygens (including phenoxy) is 1. The van der Waals surface area contributed by atoms with Gasteiger partial charge in [0.1, 0.15) is 10.4 Å². The number of nitrogens with one attached hydrogen (secondary N) is 1. The lowest BCUT2D eigenvalue weighted by Crippen LogP contribution is -2.16. The Kier molecular flexibility index (Phi) is 4.69. The molecule has 6 heteroatoms. The van der Waals surface area contributed by atoms with Gasteiger partial charge < -0.3 is 14.6 Å². The van der Waals surface area contributed by atoms with E-state index in [2.05, 4.69) is 28.9 Å². The maximum absolute atomic E-state index is 14.8. The van der Waals surface area contributed by atoms with Crippen LogP contribution in [0.4, 0.5) is 4.39 Å². The zero-order chi connectivity index (χ0) is 20.0. The highest BCUT2D eigenvalue weighted by molar-refractivity contribution is 7.17. The smallest absolute Gasteiger partial charge is 0.266 e. The van der Waals surface area contributed by atoms with Gasteiger partial charge in [-0.05, 0) is 43.6 Å². The van der Waals surface area contributed by atoms with Crippen LogP contribution >= 0.6 is 11.3 Å². The van der Waals surface area contributed by atoms with Gasteiger partial charge in [0.2, 0.25) is 0 Å². The molecular weight excluding hydrogens is 375 g/mol. The number of methoxy groups -OCH3 is 1. The summed E-state index contributed by atoms with van der Waals surface area (Å²) in [6.45, 7) is 2.14. The highest BCUT2D eigenvalue weighted by atomic mass is 32.1. The molecule has 4 rings (SSSR count). The molecule has 1 N–H and O–H groups in total. The number of halogens is 1. The zero-order valence-electron chi connectivity index (χ0n) is 16.2. The molecule has 0 aliphatic heterocycles. The molecule has 2 aromatic heterocycles. The molecule has 0 spiro atoms. The van der Waals surface area contributed by atoms with Crippen molar-refractivity contribution in [3.05, 3.63) is 63.5 Å². The number of hydrogen-bond acceptors (Lipinski definition) is 4. The Morgan fingerprint density at radius 2 is 1.89 bits per heavy atom. The van der Waals surface area contributed by atoms with E-state index >= 15 is 0 Å². The molecule has 0 radical (unpaired) electrons. The normalized spacial score (nSPS) is 12.8. The van der Waals surface area contributed by atoms with Crippen molar-refractivity contribution in [3.8, 4) is 16.9 Å². The number of fused-ring (bicyclic) bond motifs is 3. The van der Waals surface area contributed by atoms with E-state index in [1.54, 1.807) is 0 Å². The predicted molar refractivity (Wildman–Crippen MR) is 114 cm³/mol. The molecule has 4 nitrogen and oxygen atoms in total. The van der Waals surface area contributed by atoms with Gasteiger partial charge in [-0.2, -0.15) is 0 Å². The SMILES string of the molecule is COc1cc(F)c2[nH]c(=O)c3sccc3c2c1-c1ccc(C(C)N(C)C)cc1. The number of H-pyrrole nitrogens is 1. The molecule has 2 aromatic carbocycles. The first-order valence-corrected chi connectivity index (χ1v) is 9.86. The molecule has 28 heavy (non-hydrogen) atoms. The van der Waals surface area contributed by atoms with E-state index in [1.165, 1.54) is 30.1 Å². The van der Waals surface area contributed by atoms with Gasteiger partial charge in [-0.25, -0.2) is 4.39 Å². The van der Waals surface area contributed by atoms with Crippen LogP contribution in [0.3, 0.4) is 0 Å². The fraction of sp³-hybridized carbons (Fsp3) is 0.227. The maximum atomic E-state index is 14.8. The van der Waals surface area contributed by atoms with Crippen LogP contribution in [0.25, 0.3) is 32.1 Å². The van der Waals surface area contributed by atoms with Crippen LogP contribution < -0.4 is 10.3 Å². The first kappa shape index (κ1) is 18.7. The summed E-state index contributed by atoms with van der Waals surface area (Å²) in [5, 5.41) is 3.26. The third-order valence-corrected chi connectivity index (χ3v) is 6.21. The van der Waals surface area contributed by atoms with Crippen molar-refractivity contribution >= 4 is 32.3 Å². The second kappa shape index (κ2) is 7.04. The second-order valence-corrected chi connectivity index (χ2v) is 7.98. The summed E-state index contributed by atoms with van der Waals surface area (Å²) in [5.74, 6) is -0.0587. The molecule has 4 aromatic rings. The van der Waals surface area contributed by atoms with Crippen LogP contribution in [0.5, 0.6) is 5.75 Å². The van der Waals surface area contributed by atoms with Crippen molar-refractivity contribution in [2.45, 2.75) is 13.0 Å². The van der Waals surface area contributed by atoms with Crippen LogP contribution in [-0.2, 0) is 0 Å². The monoisotopic (exact) mass is 396 g/mol. The molecule has 0 aliphatic rings. The zero-order valence-corrected chi connectivity index (χ0v) is 17.0. The van der Waals surface area contributed by atoms with Crippen molar-refractivity contribution in [2.24, 2.45) is 0 Å². The highest BCUT2D eigenvalue weighted by Crippen LogP contribution is 2.41. The average Bonchev–Trinajstić information content (AvgIpc) is 3.18. The number of rotatable bonds is 4. The van der Waals surface area contributed by atoms with E-state index < -0.39 is 5.82 Å². The van der Waals surface area contributed by atoms with E-state index in [9.17, 15) is 9.18 Å². The lowest BCUT2D eigenvalue weighted by molar-refractivity contribution is 0.321. The minimum absolute atomic E-state index is 0.206. The first-order valence-electron chi connectivity index (χ1n) is 8.98. The minimum atomic E-state index is -0.501. The van der Waals surface area contributed by atoms with Gasteiger partial charge in [0, 0.05) is 28.4 Å². The van der Waals surface area contributed by atoms with Crippen LogP contribution in [0.15, 0.2) is 46.6 Å². The lowest BCUT2D eigenvalue weighted by Gasteiger charge is -2.21. The Morgan fingerprint density at radius 1 is 1.18 bits per heavy atom. The lowest BCUT2D eigenvalue weighted by atomic mass is 9.95. The largest absolute Gasteiger partial charge is 0.496 e. The molecule has 0 saturated carbocycles. The third kappa shape index (κ3) is 2.89. The molecule has 0 amide bonds. The quantitative estimate of drug-likeness (QED) is 0.517. The average molecular weight is 396 g/mol. The molecule has 1 unspecified atom stereocenters. The van der Waals surface area contributed by atoms with Crippen molar-refractivity contribution in [1.82, 2.24) is 9.88 Å². The van der Waals surface area contributed by atoms with Gasteiger partial charge in [0.15, 0.2) is 5.82 Å². The van der Waals surface area contributed by atoms with Gasteiger partial charge in [0.05, 0.1) is 12.6 Å². The topological polar surface area (TPSA) is 45.3 Å². The van der Waals surface area contributed by atoms with Crippen LogP contribution in [0, 0.1) is 5.82 Å². The summed E-state index contributed by atoms with van der Waals surface area (Å²) in [5.41, 5.74) is 2.81. The highest BCUT2D eigenvalue weighted by Gasteiger charge is 2.20. The summed E-state index contributed by atoms with van der Waals surface area (Å²) in [6, 6.07) is 11.7. The number of pyridine rings is 1. The Morgan fingerprint density at radius 3 is 2.54 bits per heavy atom. The Labute approximate surface area is 166 Å². The minimum Gasteiger partial charge on any atom is -0.496 e. The summed E-state index contributed by atoms with van der Waals surface area (Å²) in [4.78, 5) is 17.2. The van der Waals surface area contributed by atoms with E-state index in [4.69, 9.17) is 4.74 Å². The van der Waals surface area contributed by atoms with Crippen LogP contribution in [0.1, 0.15) is 18.5 Å². The number of hydrogen-bond donors (Lipinski definition) is 1. The van der Waals surface area contributed by atoms with Crippen molar-refractivity contribution in [3.63, 3.8) is 0 Å². The summed E-state index contributed by atoms with van der Waals surface area (Å²) in [6.07, 6.45) is 0. The Balaban J connectivity index is 2.04. The van der Waals surface area contributed by atoms with E-state index in [-0.39, 0.29) is 17.1 Å². The van der Waals surface area contributed by atoms with Crippen molar-refractivity contribution in [2.75, 3.05) is 21.2 Å². The van der Waals surface area contributed by atoms with Gasteiger partial charge >= 0.3 is 0 Å². The number of benzene rings is 2. The molecule has 2 heterocycles. The molecule has 0 aliphatic carbocycles. The summed E-state index contributed by atoms with van der Waals surface area (Å²) < 4.78 is 20.9. The second-order valence-electron chi connectivity index (χ2n) is 7.06. The number of nitrogens with zero attached hydrogens (tertiary/aromatic N) is 1. The summed E-state index contributed by atoms with van der Waals surface area (Å²) >= 11 is 1.35. The maximum Gasteiger partial charge on any atom is 0.266 e. The van der Waals surface area contributed by atoms with Gasteiger partial charge in [-0.3, -0.25) is 4.79 Å². The molecule has 0 bridgehead atoms. The standard InChI is InChI=1S/C22H21FN2O2S/c1-12(25(2)3)13-5-7-14(8-6-13)18-17(27-4)11-16(23)20-19(18)15-9-10-28-21(15)22(26)24-20/h5-12H,1-4H3,(H,24,26). The van der Waals surface area contributed by atoms with E-state index in [0.717, 1.165) is 16.5 Å². The van der Waals surface area contributed by atoms with Gasteiger partial charge in [-0.1, -0.05) is 24.3 Å². The molecule has 0 saturated heterocycles. The predicted octanol–water partition coefficient (Wildman–Crippen LogP) is 5.18. The fourth-order valence-electron chi connectivity index (χ4n) is 3.54. The Hall–Kier alpha value is -2.70. The number of aromatic nitrogens is 1. The third-order valence-electron chi connectivity index (χ3n) is 5.30. The number of aromatic amines is 1. The molecule has 0 fully saturated rings.